The van der Waals surface area contributed by atoms with Crippen molar-refractivity contribution in [3.8, 4) is 0 Å². The number of anilines is 1. The van der Waals surface area contributed by atoms with Crippen LogP contribution >= 0.6 is 11.3 Å². The maximum Gasteiger partial charge on any atom is 0.134 e. The molecule has 86 valence electrons. The van der Waals surface area contributed by atoms with Gasteiger partial charge in [0.25, 0.3) is 0 Å². The lowest BCUT2D eigenvalue weighted by molar-refractivity contribution is 0.526. The van der Waals surface area contributed by atoms with E-state index < -0.39 is 0 Å². The summed E-state index contributed by atoms with van der Waals surface area (Å²) in [4.78, 5) is 0. The molecule has 3 heteroatoms. The fourth-order valence-corrected chi connectivity index (χ4v) is 2.48. The van der Waals surface area contributed by atoms with Crippen LogP contribution in [0.1, 0.15) is 18.7 Å². The molecule has 0 aliphatic heterocycles. The van der Waals surface area contributed by atoms with E-state index in [0.29, 0.717) is 0 Å². The van der Waals surface area contributed by atoms with E-state index in [2.05, 4.69) is 41.2 Å². The summed E-state index contributed by atoms with van der Waals surface area (Å²) in [7, 11) is 0. The van der Waals surface area contributed by atoms with E-state index in [4.69, 9.17) is 4.42 Å². The molecule has 1 N–H and O–H groups in total. The minimum Gasteiger partial charge on any atom is -0.459 e. The fourth-order valence-electron chi connectivity index (χ4n) is 1.88. The second-order valence-electron chi connectivity index (χ2n) is 4.06. The summed E-state index contributed by atoms with van der Waals surface area (Å²) in [6, 6.07) is 12.4. The van der Waals surface area contributed by atoms with E-state index in [9.17, 15) is 0 Å². The first-order chi connectivity index (χ1) is 8.33. The molecule has 0 fully saturated rings. The quantitative estimate of drug-likeness (QED) is 0.723. The van der Waals surface area contributed by atoms with Crippen molar-refractivity contribution in [2.24, 2.45) is 0 Å². The van der Waals surface area contributed by atoms with Crippen LogP contribution in [0, 0.1) is 0 Å². The normalized spacial score (nSPS) is 12.8. The van der Waals surface area contributed by atoms with Gasteiger partial charge in [0.05, 0.1) is 6.04 Å². The number of fused-ring (bicyclic) bond motifs is 1. The van der Waals surface area contributed by atoms with E-state index >= 15 is 0 Å². The highest BCUT2D eigenvalue weighted by Crippen LogP contribution is 2.26. The van der Waals surface area contributed by atoms with Gasteiger partial charge >= 0.3 is 0 Å². The Balaban J connectivity index is 1.88. The molecule has 0 saturated carbocycles. The van der Waals surface area contributed by atoms with Crippen molar-refractivity contribution in [3.05, 3.63) is 52.9 Å². The molecule has 3 aromatic rings. The molecule has 17 heavy (non-hydrogen) atoms. The van der Waals surface area contributed by atoms with E-state index in [1.165, 1.54) is 0 Å². The smallest absolute Gasteiger partial charge is 0.134 e. The molecular weight excluding hydrogens is 230 g/mol. The molecule has 0 aliphatic carbocycles. The second kappa shape index (κ2) is 4.26. The number of hydrogen-bond donors (Lipinski definition) is 1. The zero-order chi connectivity index (χ0) is 11.7. The fraction of sp³-hybridized carbons (Fsp3) is 0.143. The second-order valence-corrected chi connectivity index (χ2v) is 4.84. The first-order valence-electron chi connectivity index (χ1n) is 5.60. The predicted octanol–water partition coefficient (Wildman–Crippen LogP) is 4.67. The standard InChI is InChI=1S/C14H13NOS/c1-10(15-12-6-7-17-9-12)14-8-11-4-2-3-5-13(11)16-14/h2-10,15H,1H3. The summed E-state index contributed by atoms with van der Waals surface area (Å²) in [5, 5.41) is 8.73. The monoisotopic (exact) mass is 243 g/mol. The summed E-state index contributed by atoms with van der Waals surface area (Å²) in [5.41, 5.74) is 2.09. The Morgan fingerprint density at radius 3 is 2.88 bits per heavy atom. The van der Waals surface area contributed by atoms with Crippen molar-refractivity contribution in [2.45, 2.75) is 13.0 Å². The topological polar surface area (TPSA) is 25.2 Å². The van der Waals surface area contributed by atoms with Gasteiger partial charge in [0.15, 0.2) is 0 Å². The molecule has 2 nitrogen and oxygen atoms in total. The number of hydrogen-bond acceptors (Lipinski definition) is 3. The van der Waals surface area contributed by atoms with Crippen LogP contribution < -0.4 is 5.32 Å². The van der Waals surface area contributed by atoms with Gasteiger partial charge in [-0.15, -0.1) is 0 Å². The summed E-state index contributed by atoms with van der Waals surface area (Å²) in [6.45, 7) is 2.11. The average molecular weight is 243 g/mol. The molecule has 2 heterocycles. The third-order valence-electron chi connectivity index (χ3n) is 2.78. The SMILES string of the molecule is CC(Nc1ccsc1)c1cc2ccccc2o1. The number of nitrogens with one attached hydrogen (secondary N) is 1. The van der Waals surface area contributed by atoms with Gasteiger partial charge in [-0.1, -0.05) is 18.2 Å². The molecule has 1 atom stereocenters. The van der Waals surface area contributed by atoms with E-state index in [1.807, 2.05) is 18.2 Å². The third kappa shape index (κ3) is 2.06. The van der Waals surface area contributed by atoms with Gasteiger partial charge in [-0.2, -0.15) is 11.3 Å². The van der Waals surface area contributed by atoms with Gasteiger partial charge < -0.3 is 9.73 Å². The average Bonchev–Trinajstić information content (AvgIpc) is 2.96. The van der Waals surface area contributed by atoms with Gasteiger partial charge in [0.2, 0.25) is 0 Å². The Morgan fingerprint density at radius 1 is 1.24 bits per heavy atom. The van der Waals surface area contributed by atoms with Gasteiger partial charge in [-0.3, -0.25) is 0 Å². The van der Waals surface area contributed by atoms with Crippen molar-refractivity contribution >= 4 is 28.0 Å². The van der Waals surface area contributed by atoms with Crippen LogP contribution in [0.25, 0.3) is 11.0 Å². The van der Waals surface area contributed by atoms with Crippen LogP contribution in [0.5, 0.6) is 0 Å². The highest BCUT2D eigenvalue weighted by molar-refractivity contribution is 7.08. The zero-order valence-electron chi connectivity index (χ0n) is 9.51. The first kappa shape index (κ1) is 10.4. The van der Waals surface area contributed by atoms with Crippen LogP contribution in [0.15, 0.2) is 51.6 Å². The number of thiophene rings is 1. The van der Waals surface area contributed by atoms with Gasteiger partial charge in [-0.05, 0) is 30.5 Å². The Kier molecular flexibility index (Phi) is 2.61. The Labute approximate surface area is 104 Å². The third-order valence-corrected chi connectivity index (χ3v) is 3.46. The summed E-state index contributed by atoms with van der Waals surface area (Å²) < 4.78 is 5.82. The Bertz CT molecular complexity index is 579. The van der Waals surface area contributed by atoms with Crippen molar-refractivity contribution in [1.82, 2.24) is 0 Å². The van der Waals surface area contributed by atoms with Crippen molar-refractivity contribution in [3.63, 3.8) is 0 Å². The van der Waals surface area contributed by atoms with E-state index in [-0.39, 0.29) is 6.04 Å². The Hall–Kier alpha value is -1.74. The highest BCUT2D eigenvalue weighted by Gasteiger charge is 2.11. The molecule has 0 saturated heterocycles. The van der Waals surface area contributed by atoms with Gasteiger partial charge in [0, 0.05) is 16.5 Å². The lowest BCUT2D eigenvalue weighted by Gasteiger charge is -2.10. The molecule has 2 aromatic heterocycles. The molecular formula is C14H13NOS. The largest absolute Gasteiger partial charge is 0.459 e. The number of para-hydroxylation sites is 1. The number of benzene rings is 1. The minimum absolute atomic E-state index is 0.178. The maximum atomic E-state index is 5.82. The number of rotatable bonds is 3. The summed E-state index contributed by atoms with van der Waals surface area (Å²) in [5.74, 6) is 0.970. The van der Waals surface area contributed by atoms with E-state index in [1.54, 1.807) is 11.3 Å². The molecule has 0 amide bonds. The zero-order valence-corrected chi connectivity index (χ0v) is 10.3. The summed E-state index contributed by atoms with van der Waals surface area (Å²) >= 11 is 1.69. The highest BCUT2D eigenvalue weighted by atomic mass is 32.1. The van der Waals surface area contributed by atoms with Crippen LogP contribution in [0.2, 0.25) is 0 Å². The van der Waals surface area contributed by atoms with E-state index in [0.717, 1.165) is 22.4 Å². The van der Waals surface area contributed by atoms with Crippen molar-refractivity contribution in [2.75, 3.05) is 5.32 Å². The van der Waals surface area contributed by atoms with Crippen LogP contribution in [0.3, 0.4) is 0 Å². The van der Waals surface area contributed by atoms with Gasteiger partial charge in [-0.25, -0.2) is 0 Å². The molecule has 0 bridgehead atoms. The van der Waals surface area contributed by atoms with Crippen LogP contribution in [-0.4, -0.2) is 0 Å². The predicted molar refractivity (Wildman–Crippen MR) is 72.6 cm³/mol. The molecule has 0 spiro atoms. The summed E-state index contributed by atoms with van der Waals surface area (Å²) in [6.07, 6.45) is 0. The molecule has 1 aromatic carbocycles. The Morgan fingerprint density at radius 2 is 2.12 bits per heavy atom. The molecule has 3 rings (SSSR count). The van der Waals surface area contributed by atoms with Crippen molar-refractivity contribution < 1.29 is 4.42 Å². The lowest BCUT2D eigenvalue weighted by atomic mass is 10.2. The van der Waals surface area contributed by atoms with Crippen molar-refractivity contribution in [1.29, 1.82) is 0 Å². The maximum absolute atomic E-state index is 5.82. The number of furan rings is 1. The first-order valence-corrected chi connectivity index (χ1v) is 6.54. The van der Waals surface area contributed by atoms with Crippen LogP contribution in [-0.2, 0) is 0 Å². The molecule has 0 radical (unpaired) electrons. The van der Waals surface area contributed by atoms with Crippen LogP contribution in [0.4, 0.5) is 5.69 Å². The minimum atomic E-state index is 0.178. The molecule has 0 aliphatic rings. The lowest BCUT2D eigenvalue weighted by Crippen LogP contribution is -2.04. The molecule has 1 unspecified atom stereocenters. The van der Waals surface area contributed by atoms with Gasteiger partial charge in [0.1, 0.15) is 11.3 Å².